The summed E-state index contributed by atoms with van der Waals surface area (Å²) in [6.45, 7) is 7.21. The molecule has 11 nitrogen and oxygen atoms in total. The summed E-state index contributed by atoms with van der Waals surface area (Å²) in [5, 5.41) is 18.7. The molecule has 270 valence electrons. The molecule has 5 aromatic rings. The second kappa shape index (κ2) is 15.2. The van der Waals surface area contributed by atoms with Crippen LogP contribution < -0.4 is 4.74 Å². The van der Waals surface area contributed by atoms with E-state index in [0.29, 0.717) is 57.7 Å². The Balaban J connectivity index is 1.24. The zero-order valence-electron chi connectivity index (χ0n) is 29.5. The van der Waals surface area contributed by atoms with Gasteiger partial charge in [0.1, 0.15) is 11.4 Å². The molecule has 12 heteroatoms. The van der Waals surface area contributed by atoms with Gasteiger partial charge in [-0.3, -0.25) is 9.58 Å². The molecule has 0 aliphatic carbocycles. The van der Waals surface area contributed by atoms with Crippen LogP contribution in [0.4, 0.5) is 0 Å². The van der Waals surface area contributed by atoms with Crippen molar-refractivity contribution in [2.75, 3.05) is 51.8 Å². The minimum Gasteiger partial charge on any atom is -0.493 e. The van der Waals surface area contributed by atoms with E-state index in [-0.39, 0.29) is 31.0 Å². The Hall–Kier alpha value is -4.23. The Bertz CT molecular complexity index is 2140. The summed E-state index contributed by atoms with van der Waals surface area (Å²) >= 11 is 0. The van der Waals surface area contributed by atoms with Crippen molar-refractivity contribution in [1.82, 2.24) is 23.6 Å². The molecule has 0 atom stereocenters. The fourth-order valence-electron chi connectivity index (χ4n) is 7.92. The van der Waals surface area contributed by atoms with Gasteiger partial charge in [-0.25, -0.2) is 13.2 Å². The third kappa shape index (κ3) is 7.15. The lowest BCUT2D eigenvalue weighted by molar-refractivity contribution is 0.0368. The smallest absolute Gasteiger partial charge is 0.352 e. The fourth-order valence-corrected chi connectivity index (χ4v) is 9.39. The Kier molecular flexibility index (Phi) is 10.5. The zero-order valence-corrected chi connectivity index (χ0v) is 30.3. The van der Waals surface area contributed by atoms with Crippen molar-refractivity contribution in [3.05, 3.63) is 83.3 Å². The molecule has 7 rings (SSSR count). The highest BCUT2D eigenvalue weighted by atomic mass is 32.2. The summed E-state index contributed by atoms with van der Waals surface area (Å²) in [5.74, 6) is -0.298. The second-order valence-corrected chi connectivity index (χ2v) is 15.6. The normalized spacial score (nSPS) is 17.0. The predicted octanol–water partition coefficient (Wildman–Crippen LogP) is 5.73. The van der Waals surface area contributed by atoms with Crippen molar-refractivity contribution in [3.8, 4) is 16.9 Å². The molecule has 0 amide bonds. The molecule has 4 heterocycles. The van der Waals surface area contributed by atoms with Crippen molar-refractivity contribution in [2.24, 2.45) is 7.05 Å². The molecule has 2 aliphatic heterocycles. The number of hydrogen-bond donors (Lipinski definition) is 1. The maximum Gasteiger partial charge on any atom is 0.352 e. The van der Waals surface area contributed by atoms with Gasteiger partial charge in [0.05, 0.1) is 43.3 Å². The number of carboxylic acids is 1. The lowest BCUT2D eigenvalue weighted by Gasteiger charge is -2.28. The number of carbonyl (C=O) groups is 1. The van der Waals surface area contributed by atoms with Crippen LogP contribution in [0.1, 0.15) is 53.6 Å². The Morgan fingerprint density at radius 1 is 0.961 bits per heavy atom. The van der Waals surface area contributed by atoms with E-state index in [1.165, 1.54) is 0 Å². The van der Waals surface area contributed by atoms with Crippen LogP contribution in [-0.2, 0) is 47.7 Å². The number of para-hydroxylation sites is 1. The third-order valence-corrected chi connectivity index (χ3v) is 12.2. The average molecular weight is 714 g/mol. The van der Waals surface area contributed by atoms with Gasteiger partial charge in [0.2, 0.25) is 10.0 Å². The Morgan fingerprint density at radius 3 is 2.53 bits per heavy atom. The van der Waals surface area contributed by atoms with Crippen molar-refractivity contribution >= 4 is 37.7 Å². The van der Waals surface area contributed by atoms with Crippen molar-refractivity contribution < 1.29 is 27.8 Å². The predicted molar refractivity (Wildman–Crippen MR) is 199 cm³/mol. The Labute approximate surface area is 299 Å². The molecule has 1 N–H and O–H groups in total. The lowest BCUT2D eigenvalue weighted by Crippen LogP contribution is -2.39. The number of ether oxygens (including phenoxy) is 2. The summed E-state index contributed by atoms with van der Waals surface area (Å²) < 4.78 is 45.1. The van der Waals surface area contributed by atoms with E-state index in [0.717, 1.165) is 69.4 Å². The first-order chi connectivity index (χ1) is 24.8. The number of fused-ring (bicyclic) bond motifs is 3. The van der Waals surface area contributed by atoms with Gasteiger partial charge in [0, 0.05) is 60.8 Å². The molecule has 51 heavy (non-hydrogen) atoms. The van der Waals surface area contributed by atoms with Gasteiger partial charge >= 0.3 is 5.97 Å². The third-order valence-electron chi connectivity index (χ3n) is 10.3. The van der Waals surface area contributed by atoms with Crippen LogP contribution in [0, 0.1) is 0 Å². The molecule has 0 saturated carbocycles. The molecule has 2 aliphatic rings. The number of rotatable bonds is 11. The van der Waals surface area contributed by atoms with Gasteiger partial charge in [-0.15, -0.1) is 0 Å². The number of aryl methyl sites for hydroxylation is 3. The van der Waals surface area contributed by atoms with E-state index >= 15 is 0 Å². The molecule has 0 bridgehead atoms. The van der Waals surface area contributed by atoms with Gasteiger partial charge in [0.25, 0.3) is 0 Å². The molecule has 1 fully saturated rings. The van der Waals surface area contributed by atoms with Crippen molar-refractivity contribution in [3.63, 3.8) is 0 Å². The number of aromatic nitrogens is 3. The number of carboxylic acid groups (broad SMARTS) is 1. The molecule has 0 radical (unpaired) electrons. The number of morpholine rings is 1. The van der Waals surface area contributed by atoms with Crippen molar-refractivity contribution in [1.29, 1.82) is 0 Å². The van der Waals surface area contributed by atoms with Crippen molar-refractivity contribution in [2.45, 2.75) is 52.1 Å². The number of sulfonamides is 1. The maximum atomic E-state index is 14.0. The second-order valence-electron chi connectivity index (χ2n) is 13.5. The van der Waals surface area contributed by atoms with E-state index in [1.807, 2.05) is 64.8 Å². The SMILES string of the molecule is CCc1c2c(nn1C)CN(CCCN1CCOCC1)S(=O)(=O)CCCn1c(C(=O)O)c(CCCOc3cccc4ccccc34)c3cccc-2c31. The molecule has 3 aromatic carbocycles. The standard InChI is InChI=1S/C39H47N5O6S/c1-3-34-36-32-15-7-14-30-31(16-8-23-50-35-17-6-12-28-11-4-5-13-29(28)35)38(39(45)46)44(37(30)32)20-10-26-51(47,48)43(27-33(36)40-41(34)2)19-9-18-42-21-24-49-25-22-42/h4-7,11-15,17H,3,8-10,16,18-27H2,1-2H3,(H,45,46). The van der Waals surface area contributed by atoms with E-state index in [1.54, 1.807) is 4.31 Å². The Morgan fingerprint density at radius 2 is 1.73 bits per heavy atom. The molecule has 2 aromatic heterocycles. The van der Waals surface area contributed by atoms with Crippen LogP contribution in [-0.4, -0.2) is 94.8 Å². The van der Waals surface area contributed by atoms with Gasteiger partial charge in [0.15, 0.2) is 0 Å². The zero-order chi connectivity index (χ0) is 35.5. The summed E-state index contributed by atoms with van der Waals surface area (Å²) in [6.07, 6.45) is 2.78. The van der Waals surface area contributed by atoms with Crippen LogP contribution >= 0.6 is 0 Å². The number of nitrogens with zero attached hydrogens (tertiary/aromatic N) is 5. The van der Waals surface area contributed by atoms with Crippen LogP contribution in [0.5, 0.6) is 5.75 Å². The van der Waals surface area contributed by atoms with Gasteiger partial charge in [-0.05, 0) is 55.7 Å². The molecule has 1 saturated heterocycles. The first-order valence-corrected chi connectivity index (χ1v) is 19.7. The highest BCUT2D eigenvalue weighted by molar-refractivity contribution is 7.89. The maximum absolute atomic E-state index is 14.0. The molecule has 0 spiro atoms. The summed E-state index contributed by atoms with van der Waals surface area (Å²) in [7, 11) is -1.77. The van der Waals surface area contributed by atoms with E-state index in [9.17, 15) is 18.3 Å². The van der Waals surface area contributed by atoms with E-state index < -0.39 is 16.0 Å². The topological polar surface area (TPSA) is 119 Å². The monoisotopic (exact) mass is 713 g/mol. The summed E-state index contributed by atoms with van der Waals surface area (Å²) in [4.78, 5) is 15.4. The summed E-state index contributed by atoms with van der Waals surface area (Å²) in [5.41, 5.74) is 5.23. The number of hydrogen-bond acceptors (Lipinski definition) is 7. The first kappa shape index (κ1) is 35.2. The molecular weight excluding hydrogens is 667 g/mol. The molecule has 0 unspecified atom stereocenters. The minimum atomic E-state index is -3.67. The largest absolute Gasteiger partial charge is 0.493 e. The van der Waals surface area contributed by atoms with Crippen LogP contribution in [0.3, 0.4) is 0 Å². The fraction of sp³-hybridized carbons (Fsp3) is 0.436. The van der Waals surface area contributed by atoms with Gasteiger partial charge in [-0.1, -0.05) is 61.5 Å². The highest BCUT2D eigenvalue weighted by Gasteiger charge is 2.31. The number of benzene rings is 3. The van der Waals surface area contributed by atoms with Crippen LogP contribution in [0.2, 0.25) is 0 Å². The first-order valence-electron chi connectivity index (χ1n) is 18.1. The van der Waals surface area contributed by atoms with Crippen LogP contribution in [0.25, 0.3) is 32.8 Å². The minimum absolute atomic E-state index is 0.0809. The molecular formula is C39H47N5O6S. The quantitative estimate of drug-likeness (QED) is 0.173. The summed E-state index contributed by atoms with van der Waals surface area (Å²) in [6, 6.07) is 20.1. The van der Waals surface area contributed by atoms with E-state index in [4.69, 9.17) is 14.6 Å². The van der Waals surface area contributed by atoms with Gasteiger partial charge in [-0.2, -0.15) is 9.40 Å². The highest BCUT2D eigenvalue weighted by Crippen LogP contribution is 2.39. The number of aromatic carboxylic acids is 1. The average Bonchev–Trinajstić information content (AvgIpc) is 3.62. The lowest BCUT2D eigenvalue weighted by atomic mass is 9.97. The van der Waals surface area contributed by atoms with Gasteiger partial charge < -0.3 is 19.1 Å². The van der Waals surface area contributed by atoms with Crippen LogP contribution in [0.15, 0.2) is 60.7 Å². The van der Waals surface area contributed by atoms with E-state index in [2.05, 4.69) is 24.0 Å².